The van der Waals surface area contributed by atoms with Crippen LogP contribution in [0.25, 0.3) is 0 Å². The number of nitrogens with one attached hydrogen (secondary N) is 1. The molecule has 0 aliphatic carbocycles. The largest absolute Gasteiger partial charge is 0.337 e. The Bertz CT molecular complexity index is 722. The fraction of sp³-hybridized carbons (Fsp3) is 0.438. The molecule has 1 unspecified atom stereocenters. The average Bonchev–Trinajstić information content (AvgIpc) is 2.87. The van der Waals surface area contributed by atoms with Gasteiger partial charge < -0.3 is 4.90 Å². The highest BCUT2D eigenvalue weighted by Gasteiger charge is 2.19. The molecule has 1 atom stereocenters. The van der Waals surface area contributed by atoms with Crippen LogP contribution in [0.15, 0.2) is 24.3 Å². The molecule has 124 valence electrons. The maximum atomic E-state index is 12.6. The third-order valence-corrected chi connectivity index (χ3v) is 4.49. The summed E-state index contributed by atoms with van der Waals surface area (Å²) in [4.78, 5) is 14.3. The lowest BCUT2D eigenvalue weighted by atomic mass is 10.1. The zero-order valence-corrected chi connectivity index (χ0v) is 15.1. The van der Waals surface area contributed by atoms with Crippen LogP contribution in [0.2, 0.25) is 5.02 Å². The molecule has 0 saturated carbocycles. The number of aryl methyl sites for hydroxylation is 1. The van der Waals surface area contributed by atoms with Crippen molar-refractivity contribution in [3.8, 4) is 0 Å². The van der Waals surface area contributed by atoms with E-state index in [1.54, 1.807) is 16.5 Å². The summed E-state index contributed by atoms with van der Waals surface area (Å²) >= 11 is 11.1. The molecule has 0 aliphatic heterocycles. The fourth-order valence-corrected chi connectivity index (χ4v) is 2.70. The predicted octanol–water partition coefficient (Wildman–Crippen LogP) is 3.77. The standard InChI is InChI=1S/C16H21ClN4OS/c1-4-5-14-18-19-16(23)21(14)10-15(22)20(3)11(2)12-6-8-13(17)9-7-12/h6-9,11H,4-5,10H2,1-3H3,(H,19,23). The minimum absolute atomic E-state index is 0.0118. The van der Waals surface area contributed by atoms with Gasteiger partial charge in [-0.1, -0.05) is 30.7 Å². The molecule has 0 fully saturated rings. The van der Waals surface area contributed by atoms with E-state index < -0.39 is 0 Å². The van der Waals surface area contributed by atoms with Crippen LogP contribution < -0.4 is 0 Å². The van der Waals surface area contributed by atoms with Gasteiger partial charge in [0.05, 0.1) is 6.04 Å². The number of aromatic nitrogens is 3. The van der Waals surface area contributed by atoms with Crippen LogP contribution in [0.5, 0.6) is 0 Å². The van der Waals surface area contributed by atoms with Crippen molar-refractivity contribution in [2.24, 2.45) is 0 Å². The molecule has 1 N–H and O–H groups in total. The number of carbonyl (C=O) groups excluding carboxylic acids is 1. The van der Waals surface area contributed by atoms with Crippen molar-refractivity contribution in [1.29, 1.82) is 0 Å². The van der Waals surface area contributed by atoms with Crippen molar-refractivity contribution in [2.75, 3.05) is 7.05 Å². The van der Waals surface area contributed by atoms with Crippen molar-refractivity contribution in [2.45, 2.75) is 39.3 Å². The number of carbonyl (C=O) groups is 1. The number of likely N-dealkylation sites (N-methyl/N-ethyl adjacent to an activating group) is 1. The number of amides is 1. The summed E-state index contributed by atoms with van der Waals surface area (Å²) in [5, 5.41) is 7.64. The second kappa shape index (κ2) is 7.75. The van der Waals surface area contributed by atoms with Gasteiger partial charge in [0.25, 0.3) is 0 Å². The second-order valence-electron chi connectivity index (χ2n) is 5.51. The first kappa shape index (κ1) is 17.7. The van der Waals surface area contributed by atoms with E-state index in [0.29, 0.717) is 9.79 Å². The van der Waals surface area contributed by atoms with Crippen LogP contribution in [0.3, 0.4) is 0 Å². The molecular weight excluding hydrogens is 332 g/mol. The minimum Gasteiger partial charge on any atom is -0.337 e. The lowest BCUT2D eigenvalue weighted by molar-refractivity contribution is -0.132. The van der Waals surface area contributed by atoms with Crippen molar-refractivity contribution >= 4 is 29.7 Å². The van der Waals surface area contributed by atoms with Gasteiger partial charge >= 0.3 is 0 Å². The summed E-state index contributed by atoms with van der Waals surface area (Å²) in [6.45, 7) is 4.25. The number of aromatic amines is 1. The molecular formula is C16H21ClN4OS. The second-order valence-corrected chi connectivity index (χ2v) is 6.34. The first-order valence-electron chi connectivity index (χ1n) is 7.59. The van der Waals surface area contributed by atoms with Crippen LogP contribution in [0.4, 0.5) is 0 Å². The first-order valence-corrected chi connectivity index (χ1v) is 8.37. The molecule has 1 aromatic carbocycles. The van der Waals surface area contributed by atoms with E-state index in [2.05, 4.69) is 17.1 Å². The minimum atomic E-state index is -0.0459. The molecule has 0 aliphatic rings. The quantitative estimate of drug-likeness (QED) is 0.805. The number of benzene rings is 1. The number of hydrogen-bond acceptors (Lipinski definition) is 3. The normalized spacial score (nSPS) is 12.2. The summed E-state index contributed by atoms with van der Waals surface area (Å²) in [6, 6.07) is 7.48. The van der Waals surface area contributed by atoms with Gasteiger partial charge in [0.2, 0.25) is 5.91 Å². The molecule has 2 aromatic rings. The Kier molecular flexibility index (Phi) is 5.96. The smallest absolute Gasteiger partial charge is 0.242 e. The van der Waals surface area contributed by atoms with Gasteiger partial charge in [0.1, 0.15) is 12.4 Å². The number of nitrogens with zero attached hydrogens (tertiary/aromatic N) is 3. The average molecular weight is 353 g/mol. The van der Waals surface area contributed by atoms with Gasteiger partial charge in [0, 0.05) is 18.5 Å². The Morgan fingerprint density at radius 2 is 2.09 bits per heavy atom. The summed E-state index contributed by atoms with van der Waals surface area (Å²) < 4.78 is 2.25. The maximum absolute atomic E-state index is 12.6. The van der Waals surface area contributed by atoms with Crippen LogP contribution in [-0.4, -0.2) is 32.6 Å². The molecule has 0 bridgehead atoms. The van der Waals surface area contributed by atoms with Crippen molar-refractivity contribution in [3.63, 3.8) is 0 Å². The molecule has 1 amide bonds. The monoisotopic (exact) mass is 352 g/mol. The molecule has 0 spiro atoms. The molecule has 2 rings (SSSR count). The highest BCUT2D eigenvalue weighted by molar-refractivity contribution is 7.71. The molecule has 0 radical (unpaired) electrons. The Labute approximate surface area is 146 Å². The van der Waals surface area contributed by atoms with Gasteiger partial charge in [-0.2, -0.15) is 5.10 Å². The molecule has 0 saturated heterocycles. The Morgan fingerprint density at radius 1 is 1.43 bits per heavy atom. The first-order chi connectivity index (χ1) is 10.9. The molecule has 23 heavy (non-hydrogen) atoms. The Balaban J connectivity index is 2.12. The van der Waals surface area contributed by atoms with Gasteiger partial charge in [-0.15, -0.1) is 0 Å². The van der Waals surface area contributed by atoms with Gasteiger partial charge in [0.15, 0.2) is 4.77 Å². The zero-order chi connectivity index (χ0) is 17.0. The predicted molar refractivity (Wildman–Crippen MR) is 94.0 cm³/mol. The van der Waals surface area contributed by atoms with E-state index in [0.717, 1.165) is 24.2 Å². The number of halogens is 1. The Hall–Kier alpha value is -1.66. The fourth-order valence-electron chi connectivity index (χ4n) is 2.36. The summed E-state index contributed by atoms with van der Waals surface area (Å²) in [5.41, 5.74) is 1.04. The number of H-pyrrole nitrogens is 1. The number of rotatable bonds is 6. The highest BCUT2D eigenvalue weighted by atomic mass is 35.5. The maximum Gasteiger partial charge on any atom is 0.242 e. The topological polar surface area (TPSA) is 53.9 Å². The SMILES string of the molecule is CCCc1n[nH]c(=S)n1CC(=O)N(C)C(C)c1ccc(Cl)cc1. The van der Waals surface area contributed by atoms with E-state index in [-0.39, 0.29) is 18.5 Å². The molecule has 7 heteroatoms. The summed E-state index contributed by atoms with van der Waals surface area (Å²) in [5.74, 6) is 0.806. The molecule has 1 aromatic heterocycles. The third-order valence-electron chi connectivity index (χ3n) is 3.93. The van der Waals surface area contributed by atoms with Gasteiger partial charge in [-0.05, 0) is 43.3 Å². The van der Waals surface area contributed by atoms with E-state index in [4.69, 9.17) is 23.8 Å². The van der Waals surface area contributed by atoms with E-state index in [1.807, 2.05) is 31.2 Å². The van der Waals surface area contributed by atoms with Crippen molar-refractivity contribution in [3.05, 3.63) is 45.4 Å². The van der Waals surface area contributed by atoms with Crippen molar-refractivity contribution in [1.82, 2.24) is 19.7 Å². The summed E-state index contributed by atoms with van der Waals surface area (Å²) in [7, 11) is 1.80. The molecule has 1 heterocycles. The van der Waals surface area contributed by atoms with Crippen LogP contribution in [-0.2, 0) is 17.8 Å². The third kappa shape index (κ3) is 4.20. The zero-order valence-electron chi connectivity index (χ0n) is 13.5. The number of hydrogen-bond donors (Lipinski definition) is 1. The lowest BCUT2D eigenvalue weighted by Crippen LogP contribution is -2.33. The van der Waals surface area contributed by atoms with Gasteiger partial charge in [-0.3, -0.25) is 14.5 Å². The molecule has 5 nitrogen and oxygen atoms in total. The van der Waals surface area contributed by atoms with Crippen molar-refractivity contribution < 1.29 is 4.79 Å². The van der Waals surface area contributed by atoms with E-state index in [1.165, 1.54) is 0 Å². The Morgan fingerprint density at radius 3 is 2.70 bits per heavy atom. The summed E-state index contributed by atoms with van der Waals surface area (Å²) in [6.07, 6.45) is 1.74. The highest BCUT2D eigenvalue weighted by Crippen LogP contribution is 2.21. The van der Waals surface area contributed by atoms with Gasteiger partial charge in [-0.25, -0.2) is 0 Å². The lowest BCUT2D eigenvalue weighted by Gasteiger charge is -2.25. The van der Waals surface area contributed by atoms with Crippen LogP contribution in [0.1, 0.15) is 37.7 Å². The van der Waals surface area contributed by atoms with E-state index in [9.17, 15) is 4.79 Å². The van der Waals surface area contributed by atoms with Crippen LogP contribution in [0, 0.1) is 4.77 Å². The van der Waals surface area contributed by atoms with Crippen LogP contribution >= 0.6 is 23.8 Å². The van der Waals surface area contributed by atoms with E-state index >= 15 is 0 Å².